The summed E-state index contributed by atoms with van der Waals surface area (Å²) in [5, 5.41) is 0. The Kier molecular flexibility index (Phi) is 28.1. The predicted octanol–water partition coefficient (Wildman–Crippen LogP) is 10.9. The quantitative estimate of drug-likeness (QED) is 0.0971. The fraction of sp³-hybridized carbons (Fsp3) is 0.900. The highest BCUT2D eigenvalue weighted by molar-refractivity contribution is 4.74. The van der Waals surface area contributed by atoms with Crippen LogP contribution in [0.2, 0.25) is 0 Å². The third-order valence-electron chi connectivity index (χ3n) is 6.55. The van der Waals surface area contributed by atoms with E-state index >= 15 is 0 Å². The van der Waals surface area contributed by atoms with E-state index < -0.39 is 0 Å². The monoisotopic (exact) mass is 416 g/mol. The molecule has 2 radical (unpaired) electrons. The van der Waals surface area contributed by atoms with Crippen molar-refractivity contribution in [2.24, 2.45) is 0 Å². The van der Waals surface area contributed by atoms with Crippen LogP contribution in [0.5, 0.6) is 0 Å². The van der Waals surface area contributed by atoms with Crippen LogP contribution >= 0.6 is 0 Å². The molecule has 0 fully saturated rings. The largest absolute Gasteiger partial charge is 0.0891 e. The highest BCUT2D eigenvalue weighted by Crippen LogP contribution is 2.16. The van der Waals surface area contributed by atoms with Gasteiger partial charge in [-0.05, 0) is 12.8 Å². The fourth-order valence-electron chi connectivity index (χ4n) is 4.46. The molecule has 0 rings (SSSR count). The van der Waals surface area contributed by atoms with Gasteiger partial charge in [0.2, 0.25) is 0 Å². The highest BCUT2D eigenvalue weighted by Gasteiger charge is 1.96. The van der Waals surface area contributed by atoms with Gasteiger partial charge < -0.3 is 0 Å². The van der Waals surface area contributed by atoms with Gasteiger partial charge >= 0.3 is 0 Å². The molecule has 176 valence electrons. The summed E-state index contributed by atoms with van der Waals surface area (Å²) in [6, 6.07) is 0. The molecule has 0 unspecified atom stereocenters. The molecule has 0 atom stereocenters. The first kappa shape index (κ1) is 29.6. The summed E-state index contributed by atoms with van der Waals surface area (Å²) in [6.07, 6.45) is 44.6. The van der Waals surface area contributed by atoms with Crippen LogP contribution in [0.1, 0.15) is 173 Å². The summed E-state index contributed by atoms with van der Waals surface area (Å²) in [5.74, 6) is 2.48. The van der Waals surface area contributed by atoms with Gasteiger partial charge in [-0.2, -0.15) is 0 Å². The lowest BCUT2D eigenvalue weighted by molar-refractivity contribution is 0.516. The molecule has 0 saturated carbocycles. The Morgan fingerprint density at radius 3 is 0.733 bits per heavy atom. The molecule has 0 heterocycles. The van der Waals surface area contributed by atoms with Gasteiger partial charge in [-0.25, -0.2) is 0 Å². The molecule has 0 aliphatic rings. The Bertz CT molecular complexity index is 323. The minimum Gasteiger partial charge on any atom is -0.0891 e. The van der Waals surface area contributed by atoms with Crippen LogP contribution in [0.15, 0.2) is 0 Å². The van der Waals surface area contributed by atoms with Crippen LogP contribution in [-0.2, 0) is 0 Å². The average molecular weight is 417 g/mol. The van der Waals surface area contributed by atoms with Crippen molar-refractivity contribution in [2.75, 3.05) is 0 Å². The van der Waals surface area contributed by atoms with Gasteiger partial charge in [-0.1, -0.05) is 173 Å². The van der Waals surface area contributed by atoms with Crippen molar-refractivity contribution in [1.82, 2.24) is 0 Å². The molecule has 0 aliphatic heterocycles. The van der Waals surface area contributed by atoms with Crippen molar-refractivity contribution >= 4 is 0 Å². The number of hydrogen-bond donors (Lipinski definition) is 0. The van der Waals surface area contributed by atoms with E-state index in [1.54, 1.807) is 0 Å². The van der Waals surface area contributed by atoms with E-state index in [0.717, 1.165) is 12.8 Å². The molecule has 0 nitrogen and oxygen atoms in total. The van der Waals surface area contributed by atoms with Crippen LogP contribution in [0.3, 0.4) is 0 Å². The third-order valence-corrected chi connectivity index (χ3v) is 6.55. The van der Waals surface area contributed by atoms with Crippen molar-refractivity contribution < 1.29 is 0 Å². The Morgan fingerprint density at radius 1 is 0.333 bits per heavy atom. The lowest BCUT2D eigenvalue weighted by Gasteiger charge is -2.04. The summed E-state index contributed by atoms with van der Waals surface area (Å²) < 4.78 is 0. The Morgan fingerprint density at radius 2 is 0.533 bits per heavy atom. The Hall–Kier alpha value is -0.440. The second kappa shape index (κ2) is 28.6. The number of unbranched alkanes of at least 4 members (excludes halogenated alkanes) is 26. The van der Waals surface area contributed by atoms with Crippen molar-refractivity contribution in [2.45, 2.75) is 173 Å². The van der Waals surface area contributed by atoms with Gasteiger partial charge in [0.25, 0.3) is 0 Å². The standard InChI is InChI=1S/C30H56/c1-3-5-7-9-11-13-15-17-19-21-23-25-27-29-30-28-26-24-22-20-18-16-14-12-10-8-6-4-2/h1,3,5-30H2. The zero-order valence-corrected chi connectivity index (χ0v) is 20.8. The molecule has 0 N–H and O–H groups in total. The van der Waals surface area contributed by atoms with Crippen molar-refractivity contribution in [3.63, 3.8) is 0 Å². The third kappa shape index (κ3) is 27.6. The Balaban J connectivity index is 2.98. The molecule has 0 amide bonds. The summed E-state index contributed by atoms with van der Waals surface area (Å²) in [7, 11) is 0. The Labute approximate surface area is 192 Å². The van der Waals surface area contributed by atoms with E-state index in [9.17, 15) is 0 Å². The molecule has 0 aromatic rings. The first-order valence-electron chi connectivity index (χ1n) is 14.1. The average Bonchev–Trinajstić information content (AvgIpc) is 2.76. The SMILES string of the molecule is [C]#CCCCCCCCCCCCCCCCCCCCCCCCCCCC[CH2]. The van der Waals surface area contributed by atoms with Crippen molar-refractivity contribution in [3.8, 4) is 5.92 Å². The minimum atomic E-state index is 0.859. The molecular weight excluding hydrogens is 360 g/mol. The van der Waals surface area contributed by atoms with E-state index in [4.69, 9.17) is 6.42 Å². The summed E-state index contributed by atoms with van der Waals surface area (Å²) >= 11 is 0. The molecule has 0 bridgehead atoms. The van der Waals surface area contributed by atoms with E-state index in [-0.39, 0.29) is 0 Å². The predicted molar refractivity (Wildman–Crippen MR) is 137 cm³/mol. The normalized spacial score (nSPS) is 11.1. The van der Waals surface area contributed by atoms with E-state index in [2.05, 4.69) is 12.8 Å². The molecule has 0 spiro atoms. The minimum absolute atomic E-state index is 0.859. The van der Waals surface area contributed by atoms with Gasteiger partial charge in [0.1, 0.15) is 0 Å². The lowest BCUT2D eigenvalue weighted by Crippen LogP contribution is -1.84. The van der Waals surface area contributed by atoms with Gasteiger partial charge in [0.15, 0.2) is 0 Å². The van der Waals surface area contributed by atoms with E-state index in [1.807, 2.05) is 0 Å². The smallest absolute Gasteiger partial charge is 0.00989 e. The molecule has 0 aromatic heterocycles. The first-order chi connectivity index (χ1) is 14.9. The molecule has 0 heteroatoms. The summed E-state index contributed by atoms with van der Waals surface area (Å²) in [5.41, 5.74) is 0. The van der Waals surface area contributed by atoms with Crippen molar-refractivity contribution in [3.05, 3.63) is 13.3 Å². The molecular formula is C30H56. The van der Waals surface area contributed by atoms with Crippen LogP contribution in [0.4, 0.5) is 0 Å². The lowest BCUT2D eigenvalue weighted by atomic mass is 10.0. The van der Waals surface area contributed by atoms with Gasteiger partial charge in [0, 0.05) is 6.42 Å². The highest BCUT2D eigenvalue weighted by atomic mass is 14.0. The molecule has 0 aliphatic carbocycles. The topological polar surface area (TPSA) is 0 Å². The van der Waals surface area contributed by atoms with Crippen molar-refractivity contribution in [1.29, 1.82) is 0 Å². The number of hydrogen-bond acceptors (Lipinski definition) is 0. The van der Waals surface area contributed by atoms with Gasteiger partial charge in [0.05, 0.1) is 0 Å². The zero-order valence-electron chi connectivity index (χ0n) is 20.8. The van der Waals surface area contributed by atoms with E-state index in [1.165, 1.54) is 161 Å². The first-order valence-corrected chi connectivity index (χ1v) is 14.1. The summed E-state index contributed by atoms with van der Waals surface area (Å²) in [4.78, 5) is 0. The van der Waals surface area contributed by atoms with Crippen LogP contribution < -0.4 is 0 Å². The molecule has 0 saturated heterocycles. The zero-order chi connectivity index (χ0) is 21.8. The van der Waals surface area contributed by atoms with Crippen LogP contribution in [0.25, 0.3) is 0 Å². The second-order valence-corrected chi connectivity index (χ2v) is 9.62. The summed E-state index contributed by atoms with van der Waals surface area (Å²) in [6.45, 7) is 3.91. The molecule has 30 heavy (non-hydrogen) atoms. The maximum Gasteiger partial charge on any atom is 0.00989 e. The van der Waals surface area contributed by atoms with Crippen LogP contribution in [-0.4, -0.2) is 0 Å². The number of rotatable bonds is 26. The fourth-order valence-corrected chi connectivity index (χ4v) is 4.46. The molecule has 0 aromatic carbocycles. The van der Waals surface area contributed by atoms with Gasteiger partial charge in [-0.15, -0.1) is 0 Å². The van der Waals surface area contributed by atoms with E-state index in [0.29, 0.717) is 0 Å². The van der Waals surface area contributed by atoms with Gasteiger partial charge in [-0.3, -0.25) is 0 Å². The van der Waals surface area contributed by atoms with Crippen LogP contribution in [0, 0.1) is 19.3 Å². The maximum absolute atomic E-state index is 6.89. The maximum atomic E-state index is 6.89. The second-order valence-electron chi connectivity index (χ2n) is 9.62.